The topological polar surface area (TPSA) is 91.6 Å². The van der Waals surface area contributed by atoms with Crippen molar-refractivity contribution in [3.8, 4) is 17.6 Å². The molecule has 4 atom stereocenters. The van der Waals surface area contributed by atoms with Crippen LogP contribution in [0.4, 0.5) is 8.78 Å². The number of ether oxygens (including phenoxy) is 5. The molecule has 0 aliphatic carbocycles. The Balaban J connectivity index is 1.55. The predicted octanol–water partition coefficient (Wildman–Crippen LogP) is 8.94. The molecule has 4 aromatic carbocycles. The fraction of sp³-hybridized carbons (Fsp3) is 0.405. The van der Waals surface area contributed by atoms with Crippen LogP contribution in [0, 0.1) is 23.0 Å². The van der Waals surface area contributed by atoms with E-state index in [1.165, 1.54) is 18.2 Å². The Morgan fingerprint density at radius 3 is 1.89 bits per heavy atom. The van der Waals surface area contributed by atoms with Gasteiger partial charge in [0.05, 0.1) is 53.1 Å². The van der Waals surface area contributed by atoms with E-state index in [1.807, 2.05) is 107 Å². The molecule has 1 aliphatic heterocycles. The first-order valence-corrected chi connectivity index (χ1v) is 19.2. The van der Waals surface area contributed by atoms with Crippen LogP contribution in [-0.2, 0) is 35.5 Å². The van der Waals surface area contributed by atoms with Crippen LogP contribution < -0.4 is 9.47 Å². The third-order valence-corrected chi connectivity index (χ3v) is 11.4. The summed E-state index contributed by atoms with van der Waals surface area (Å²) in [6.45, 7) is 8.10. The van der Waals surface area contributed by atoms with E-state index < -0.39 is 44.1 Å². The zero-order chi connectivity index (χ0) is 38.7. The molecule has 0 amide bonds. The lowest BCUT2D eigenvalue weighted by molar-refractivity contribution is -0.0727. The summed E-state index contributed by atoms with van der Waals surface area (Å²) in [5.74, 6) is -0.0191. The molecule has 5 rings (SSSR count). The second kappa shape index (κ2) is 19.6. The first-order valence-electron chi connectivity index (χ1n) is 18.0. The van der Waals surface area contributed by atoms with Crippen molar-refractivity contribution >= 4 is 8.53 Å². The molecule has 0 N–H and O–H groups in total. The Hall–Kier alpha value is -3.98. The molecule has 12 heteroatoms. The molecule has 1 fully saturated rings. The van der Waals surface area contributed by atoms with Crippen molar-refractivity contribution in [2.24, 2.45) is 0 Å². The Bertz CT molecular complexity index is 1720. The largest absolute Gasteiger partial charge is 0.497 e. The van der Waals surface area contributed by atoms with Crippen molar-refractivity contribution in [3.05, 3.63) is 131 Å². The van der Waals surface area contributed by atoms with Crippen LogP contribution in [0.15, 0.2) is 97.1 Å². The highest BCUT2D eigenvalue weighted by molar-refractivity contribution is 7.44. The number of methoxy groups -OCH3 is 2. The highest BCUT2D eigenvalue weighted by Gasteiger charge is 2.46. The zero-order valence-corrected chi connectivity index (χ0v) is 32.5. The molecule has 0 radical (unpaired) electrons. The fourth-order valence-corrected chi connectivity index (χ4v) is 8.39. The van der Waals surface area contributed by atoms with Crippen molar-refractivity contribution in [3.63, 3.8) is 0 Å². The molecule has 4 aromatic rings. The molecule has 9 nitrogen and oxygen atoms in total. The number of nitrogens with zero attached hydrogens (tertiary/aromatic N) is 2. The van der Waals surface area contributed by atoms with Gasteiger partial charge in [-0.1, -0.05) is 60.7 Å². The molecule has 1 unspecified atom stereocenters. The van der Waals surface area contributed by atoms with E-state index in [4.69, 9.17) is 32.7 Å². The van der Waals surface area contributed by atoms with Gasteiger partial charge in [-0.15, -0.1) is 0 Å². The summed E-state index contributed by atoms with van der Waals surface area (Å²) in [5.41, 5.74) is 1.22. The van der Waals surface area contributed by atoms with Gasteiger partial charge in [0.1, 0.15) is 47.0 Å². The van der Waals surface area contributed by atoms with Gasteiger partial charge in [0.15, 0.2) is 0 Å². The number of halogens is 2. The molecule has 0 spiro atoms. The quantitative estimate of drug-likeness (QED) is 0.0528. The van der Waals surface area contributed by atoms with Crippen molar-refractivity contribution in [1.82, 2.24) is 4.67 Å². The van der Waals surface area contributed by atoms with Crippen molar-refractivity contribution in [2.45, 2.75) is 76.7 Å². The van der Waals surface area contributed by atoms with Gasteiger partial charge in [0, 0.05) is 17.6 Å². The average molecular weight is 763 g/mol. The van der Waals surface area contributed by atoms with Gasteiger partial charge >= 0.3 is 0 Å². The lowest BCUT2D eigenvalue weighted by atomic mass is 9.80. The Morgan fingerprint density at radius 1 is 0.815 bits per heavy atom. The van der Waals surface area contributed by atoms with Crippen LogP contribution in [0.25, 0.3) is 0 Å². The maximum absolute atomic E-state index is 14.7. The van der Waals surface area contributed by atoms with Crippen LogP contribution in [0.1, 0.15) is 56.4 Å². The van der Waals surface area contributed by atoms with Crippen molar-refractivity contribution in [1.29, 1.82) is 5.26 Å². The van der Waals surface area contributed by atoms with Crippen molar-refractivity contribution < 1.29 is 41.5 Å². The summed E-state index contributed by atoms with van der Waals surface area (Å²) in [6.07, 6.45) is -2.05. The minimum absolute atomic E-state index is 0.0241. The number of hydrogen-bond donors (Lipinski definition) is 0. The van der Waals surface area contributed by atoms with E-state index in [0.29, 0.717) is 11.5 Å². The van der Waals surface area contributed by atoms with Crippen molar-refractivity contribution in [2.75, 3.05) is 34.0 Å². The number of rotatable bonds is 19. The molecule has 1 aliphatic rings. The number of nitriles is 1. The van der Waals surface area contributed by atoms with E-state index in [0.717, 1.165) is 16.7 Å². The van der Waals surface area contributed by atoms with Gasteiger partial charge in [-0.2, -0.15) is 5.26 Å². The van der Waals surface area contributed by atoms with E-state index in [2.05, 4.69) is 10.7 Å². The van der Waals surface area contributed by atoms with E-state index in [-0.39, 0.29) is 50.5 Å². The van der Waals surface area contributed by atoms with Crippen LogP contribution in [0.2, 0.25) is 0 Å². The van der Waals surface area contributed by atoms with Crippen LogP contribution in [0.3, 0.4) is 0 Å². The second-order valence-electron chi connectivity index (χ2n) is 13.4. The molecular formula is C42H49F2N2O7P. The highest BCUT2D eigenvalue weighted by Crippen LogP contribution is 2.50. The van der Waals surface area contributed by atoms with Gasteiger partial charge in [-0.05, 0) is 80.8 Å². The number of hydrogen-bond acceptors (Lipinski definition) is 9. The summed E-state index contributed by atoms with van der Waals surface area (Å²) >= 11 is 0. The Labute approximate surface area is 318 Å². The number of benzene rings is 4. The lowest BCUT2D eigenvalue weighted by Crippen LogP contribution is -2.42. The summed E-state index contributed by atoms with van der Waals surface area (Å²) in [4.78, 5) is 0. The van der Waals surface area contributed by atoms with Gasteiger partial charge in [0.25, 0.3) is 8.53 Å². The highest BCUT2D eigenvalue weighted by atomic mass is 31.2. The standard InChI is InChI=1S/C42H49F2N2O7P/c1-29(2)46(30(3)4)54(52-25-11-24-45)53-41-39(49-26-36-37(43)14-10-15-38(36)44)27-50-40(41)28-51-42(31-12-8-7-9-13-31,32-16-20-34(47-5)21-17-32)33-18-22-35(48-6)23-19-33/h7-10,12-23,29-30,39-41H,11,25-28H2,1-6H3/t39-,40+,41-,54?/m0/s1. The van der Waals surface area contributed by atoms with Crippen LogP contribution >= 0.6 is 8.53 Å². The Kier molecular flexibility index (Phi) is 14.9. The molecule has 0 aromatic heterocycles. The Morgan fingerprint density at radius 2 is 1.37 bits per heavy atom. The van der Waals surface area contributed by atoms with E-state index in [1.54, 1.807) is 14.2 Å². The third-order valence-electron chi connectivity index (χ3n) is 9.22. The second-order valence-corrected chi connectivity index (χ2v) is 14.8. The molecule has 0 saturated carbocycles. The minimum atomic E-state index is -1.75. The van der Waals surface area contributed by atoms with Gasteiger partial charge < -0.3 is 32.7 Å². The summed E-state index contributed by atoms with van der Waals surface area (Å²) in [5, 5.41) is 9.31. The first kappa shape index (κ1) is 41.2. The molecule has 1 saturated heterocycles. The summed E-state index contributed by atoms with van der Waals surface area (Å²) in [6, 6.07) is 31.2. The molecule has 54 heavy (non-hydrogen) atoms. The van der Waals surface area contributed by atoms with E-state index >= 15 is 0 Å². The van der Waals surface area contributed by atoms with Gasteiger partial charge in [0.2, 0.25) is 0 Å². The fourth-order valence-electron chi connectivity index (χ4n) is 6.61. The minimum Gasteiger partial charge on any atom is -0.497 e. The molecular weight excluding hydrogens is 713 g/mol. The monoisotopic (exact) mass is 762 g/mol. The summed E-state index contributed by atoms with van der Waals surface area (Å²) < 4.78 is 75.5. The van der Waals surface area contributed by atoms with Gasteiger partial charge in [-0.3, -0.25) is 0 Å². The predicted molar refractivity (Wildman–Crippen MR) is 203 cm³/mol. The lowest BCUT2D eigenvalue weighted by Gasteiger charge is -2.39. The summed E-state index contributed by atoms with van der Waals surface area (Å²) in [7, 11) is 1.49. The molecule has 288 valence electrons. The van der Waals surface area contributed by atoms with Crippen LogP contribution in [-0.4, -0.2) is 69.1 Å². The van der Waals surface area contributed by atoms with E-state index in [9.17, 15) is 14.0 Å². The normalized spacial score (nSPS) is 17.9. The molecule has 0 bridgehead atoms. The zero-order valence-electron chi connectivity index (χ0n) is 31.6. The third kappa shape index (κ3) is 9.63. The van der Waals surface area contributed by atoms with Gasteiger partial charge in [-0.25, -0.2) is 13.5 Å². The maximum Gasteiger partial charge on any atom is 0.259 e. The molecule has 1 heterocycles. The van der Waals surface area contributed by atoms with Crippen LogP contribution in [0.5, 0.6) is 11.5 Å². The smallest absolute Gasteiger partial charge is 0.259 e. The maximum atomic E-state index is 14.7. The average Bonchev–Trinajstić information content (AvgIpc) is 3.56. The first-order chi connectivity index (χ1) is 26.1. The SMILES string of the molecule is COc1ccc(C(OC[C@H]2OC[C@H](OCc3c(F)cccc3F)[C@@H]2OP(OCCC#N)N(C(C)C)C(C)C)(c2ccccc2)c2ccc(OC)cc2)cc1.